The molecule has 180 valence electrons. The van der Waals surface area contributed by atoms with Crippen molar-refractivity contribution in [2.45, 2.75) is 32.8 Å². The van der Waals surface area contributed by atoms with Gasteiger partial charge in [-0.1, -0.05) is 23.7 Å². The van der Waals surface area contributed by atoms with Gasteiger partial charge in [0.1, 0.15) is 18.0 Å². The van der Waals surface area contributed by atoms with E-state index in [0.717, 1.165) is 30.9 Å². The number of halogens is 1. The molecule has 2 N–H and O–H groups in total. The Hall–Kier alpha value is -2.78. The van der Waals surface area contributed by atoms with Crippen LogP contribution in [0, 0.1) is 0 Å². The summed E-state index contributed by atoms with van der Waals surface area (Å²) in [6.07, 6.45) is 0.439. The van der Waals surface area contributed by atoms with Crippen LogP contribution in [0.25, 0.3) is 0 Å². The molecule has 0 bridgehead atoms. The monoisotopic (exact) mass is 477 g/mol. The van der Waals surface area contributed by atoms with E-state index in [9.17, 15) is 4.79 Å². The fourth-order valence-corrected chi connectivity index (χ4v) is 3.46. The molecule has 1 aromatic carbocycles. The van der Waals surface area contributed by atoms with Crippen molar-refractivity contribution in [3.8, 4) is 11.5 Å². The predicted molar refractivity (Wildman–Crippen MR) is 127 cm³/mol. The van der Waals surface area contributed by atoms with Crippen LogP contribution in [0.15, 0.2) is 30.3 Å². The Kier molecular flexibility index (Phi) is 8.57. The Balaban J connectivity index is 1.37. The summed E-state index contributed by atoms with van der Waals surface area (Å²) in [5.74, 6) is 1.45. The summed E-state index contributed by atoms with van der Waals surface area (Å²) in [5, 5.41) is 7.65. The molecule has 1 aromatic heterocycles. The highest BCUT2D eigenvalue weighted by atomic mass is 35.5. The molecule has 2 heterocycles. The summed E-state index contributed by atoms with van der Waals surface area (Å²) in [7, 11) is 0. The van der Waals surface area contributed by atoms with Gasteiger partial charge in [0.2, 0.25) is 0 Å². The van der Waals surface area contributed by atoms with Gasteiger partial charge < -0.3 is 24.8 Å². The molecule has 0 saturated carbocycles. The largest absolute Gasteiger partial charge is 0.492 e. The number of carbonyl (C=O) groups is 1. The molecule has 0 atom stereocenters. The van der Waals surface area contributed by atoms with Crippen LogP contribution < -0.4 is 15.2 Å². The van der Waals surface area contributed by atoms with E-state index in [2.05, 4.69) is 15.1 Å². The van der Waals surface area contributed by atoms with Crippen molar-refractivity contribution in [3.63, 3.8) is 0 Å². The number of carbonyl (C=O) groups excluding carboxylic acids is 1. The lowest BCUT2D eigenvalue weighted by Gasteiger charge is -2.35. The second kappa shape index (κ2) is 11.4. The van der Waals surface area contributed by atoms with Gasteiger partial charge in [0, 0.05) is 45.2 Å². The summed E-state index contributed by atoms with van der Waals surface area (Å²) in [4.78, 5) is 16.2. The third-order valence-electron chi connectivity index (χ3n) is 5.00. The molecule has 0 radical (unpaired) electrons. The van der Waals surface area contributed by atoms with E-state index in [4.69, 9.17) is 31.5 Å². The SMILES string of the molecule is CC(C)(C)OC(=O)N1CCN(CCOc2cccc(CCOc3cc(Cl)nnc3N)c2)CC1. The fourth-order valence-electron chi connectivity index (χ4n) is 3.32. The van der Waals surface area contributed by atoms with E-state index in [0.29, 0.717) is 38.5 Å². The lowest BCUT2D eigenvalue weighted by Crippen LogP contribution is -2.50. The van der Waals surface area contributed by atoms with Gasteiger partial charge in [-0.2, -0.15) is 0 Å². The number of nitrogens with zero attached hydrogens (tertiary/aromatic N) is 4. The number of hydrogen-bond donors (Lipinski definition) is 1. The van der Waals surface area contributed by atoms with Crippen LogP contribution in [-0.4, -0.2) is 77.6 Å². The molecule has 3 rings (SSSR count). The molecule has 0 unspecified atom stereocenters. The molecule has 33 heavy (non-hydrogen) atoms. The van der Waals surface area contributed by atoms with Crippen molar-refractivity contribution >= 4 is 23.5 Å². The number of hydrogen-bond acceptors (Lipinski definition) is 8. The van der Waals surface area contributed by atoms with Crippen molar-refractivity contribution in [2.24, 2.45) is 0 Å². The number of amides is 1. The average Bonchev–Trinajstić information content (AvgIpc) is 2.76. The van der Waals surface area contributed by atoms with Gasteiger partial charge in [-0.05, 0) is 38.5 Å². The molecule has 1 aliphatic rings. The highest BCUT2D eigenvalue weighted by Crippen LogP contribution is 2.21. The van der Waals surface area contributed by atoms with Crippen molar-refractivity contribution in [3.05, 3.63) is 41.0 Å². The summed E-state index contributed by atoms with van der Waals surface area (Å²) in [6, 6.07) is 9.48. The highest BCUT2D eigenvalue weighted by molar-refractivity contribution is 6.29. The molecular weight excluding hydrogens is 446 g/mol. The number of piperazine rings is 1. The molecule has 1 saturated heterocycles. The van der Waals surface area contributed by atoms with Crippen molar-refractivity contribution < 1.29 is 19.0 Å². The van der Waals surface area contributed by atoms with E-state index >= 15 is 0 Å². The zero-order valence-electron chi connectivity index (χ0n) is 19.4. The van der Waals surface area contributed by atoms with Crippen LogP contribution in [0.4, 0.5) is 10.6 Å². The Morgan fingerprint density at radius 3 is 2.58 bits per heavy atom. The smallest absolute Gasteiger partial charge is 0.410 e. The number of rotatable bonds is 8. The van der Waals surface area contributed by atoms with Gasteiger partial charge >= 0.3 is 6.09 Å². The molecular formula is C23H32ClN5O4. The summed E-state index contributed by atoms with van der Waals surface area (Å²) in [6.45, 7) is 10.4. The van der Waals surface area contributed by atoms with E-state index in [1.54, 1.807) is 11.0 Å². The maximum Gasteiger partial charge on any atom is 0.410 e. The van der Waals surface area contributed by atoms with Gasteiger partial charge in [-0.3, -0.25) is 4.90 Å². The topological polar surface area (TPSA) is 103 Å². The quantitative estimate of drug-likeness (QED) is 0.618. The Bertz CT molecular complexity index is 929. The van der Waals surface area contributed by atoms with Gasteiger partial charge in [0.25, 0.3) is 0 Å². The molecule has 0 spiro atoms. The van der Waals surface area contributed by atoms with E-state index in [1.807, 2.05) is 45.0 Å². The van der Waals surface area contributed by atoms with Gasteiger partial charge in [0.05, 0.1) is 6.61 Å². The number of ether oxygens (including phenoxy) is 3. The minimum atomic E-state index is -0.472. The van der Waals surface area contributed by atoms with Crippen LogP contribution in [0.2, 0.25) is 5.15 Å². The number of benzene rings is 1. The minimum Gasteiger partial charge on any atom is -0.492 e. The molecule has 1 aliphatic heterocycles. The van der Waals surface area contributed by atoms with Crippen LogP contribution in [0.5, 0.6) is 11.5 Å². The van der Waals surface area contributed by atoms with Crippen LogP contribution >= 0.6 is 11.6 Å². The summed E-state index contributed by atoms with van der Waals surface area (Å²) < 4.78 is 17.1. The van der Waals surface area contributed by atoms with Crippen molar-refractivity contribution in [2.75, 3.05) is 51.7 Å². The zero-order valence-corrected chi connectivity index (χ0v) is 20.2. The predicted octanol–water partition coefficient (Wildman–Crippen LogP) is 3.27. The van der Waals surface area contributed by atoms with E-state index in [1.165, 1.54) is 0 Å². The first-order chi connectivity index (χ1) is 15.7. The minimum absolute atomic E-state index is 0.211. The first kappa shape index (κ1) is 24.9. The maximum absolute atomic E-state index is 12.2. The molecule has 1 fully saturated rings. The van der Waals surface area contributed by atoms with Gasteiger partial charge in [-0.25, -0.2) is 4.79 Å². The Morgan fingerprint density at radius 2 is 1.85 bits per heavy atom. The lowest BCUT2D eigenvalue weighted by atomic mass is 10.1. The lowest BCUT2D eigenvalue weighted by molar-refractivity contribution is 0.0137. The van der Waals surface area contributed by atoms with Crippen molar-refractivity contribution in [1.82, 2.24) is 20.0 Å². The number of nitrogens with two attached hydrogens (primary N) is 1. The third-order valence-corrected chi connectivity index (χ3v) is 5.19. The zero-order chi connectivity index (χ0) is 23.8. The average molecular weight is 478 g/mol. The fraction of sp³-hybridized carbons (Fsp3) is 0.522. The first-order valence-electron chi connectivity index (χ1n) is 11.0. The molecule has 10 heteroatoms. The molecule has 9 nitrogen and oxygen atoms in total. The van der Waals surface area contributed by atoms with E-state index < -0.39 is 5.60 Å². The second-order valence-corrected chi connectivity index (χ2v) is 9.21. The summed E-state index contributed by atoms with van der Waals surface area (Å²) in [5.41, 5.74) is 6.37. The van der Waals surface area contributed by atoms with E-state index in [-0.39, 0.29) is 17.1 Å². The van der Waals surface area contributed by atoms with Crippen LogP contribution in [0.3, 0.4) is 0 Å². The number of aromatic nitrogens is 2. The van der Waals surface area contributed by atoms with Crippen LogP contribution in [0.1, 0.15) is 26.3 Å². The standard InChI is InChI=1S/C23H32ClN5O4/c1-23(2,3)33-22(30)29-10-8-28(9-11-29)12-14-31-18-6-4-5-17(15-18)7-13-32-19-16-20(24)26-27-21(19)25/h4-6,15-16H,7-14H2,1-3H3,(H2,25,27). The normalized spacial score (nSPS) is 14.7. The second-order valence-electron chi connectivity index (χ2n) is 8.82. The van der Waals surface area contributed by atoms with Gasteiger partial charge in [0.15, 0.2) is 16.7 Å². The Morgan fingerprint density at radius 1 is 1.09 bits per heavy atom. The molecule has 2 aromatic rings. The van der Waals surface area contributed by atoms with Crippen LogP contribution in [-0.2, 0) is 11.2 Å². The third kappa shape index (κ3) is 8.25. The highest BCUT2D eigenvalue weighted by Gasteiger charge is 2.25. The Labute approximate surface area is 199 Å². The number of nitrogen functional groups attached to an aromatic ring is 1. The van der Waals surface area contributed by atoms with Gasteiger partial charge in [-0.15, -0.1) is 10.2 Å². The first-order valence-corrected chi connectivity index (χ1v) is 11.4. The molecule has 0 aliphatic carbocycles. The maximum atomic E-state index is 12.2. The summed E-state index contributed by atoms with van der Waals surface area (Å²) >= 11 is 5.83. The number of anilines is 1. The molecule has 1 amide bonds. The van der Waals surface area contributed by atoms with Crippen molar-refractivity contribution in [1.29, 1.82) is 0 Å².